The third-order valence-electron chi connectivity index (χ3n) is 2.23. The summed E-state index contributed by atoms with van der Waals surface area (Å²) in [7, 11) is 0. The lowest BCUT2D eigenvalue weighted by Crippen LogP contribution is -2.20. The molecule has 0 bridgehead atoms. The number of hydrogen-bond acceptors (Lipinski definition) is 4. The SMILES string of the molecule is CC(C)(C)C(=O)c1ccc(CO[N+](=O)[O-])cc1. The number of rotatable bonds is 4. The first-order valence-corrected chi connectivity index (χ1v) is 5.22. The number of carbonyl (C=O) groups excluding carboxylic acids is 1. The summed E-state index contributed by atoms with van der Waals surface area (Å²) in [6.45, 7) is 5.44. The molecule has 0 saturated carbocycles. The van der Waals surface area contributed by atoms with Crippen LogP contribution in [-0.4, -0.2) is 10.9 Å². The Kier molecular flexibility index (Phi) is 3.83. The molecule has 1 aromatic rings. The van der Waals surface area contributed by atoms with Gasteiger partial charge in [0.1, 0.15) is 6.61 Å². The molecule has 0 atom stereocenters. The minimum absolute atomic E-state index is 0.0410. The summed E-state index contributed by atoms with van der Waals surface area (Å²) in [5.74, 6) is 0.0410. The van der Waals surface area contributed by atoms with Crippen molar-refractivity contribution in [1.29, 1.82) is 0 Å². The number of nitrogens with zero attached hydrogens (tertiary/aromatic N) is 1. The van der Waals surface area contributed by atoms with Crippen LogP contribution in [0.2, 0.25) is 0 Å². The van der Waals surface area contributed by atoms with Crippen molar-refractivity contribution in [1.82, 2.24) is 0 Å². The monoisotopic (exact) mass is 237 g/mol. The van der Waals surface area contributed by atoms with Crippen molar-refractivity contribution in [3.05, 3.63) is 45.5 Å². The van der Waals surface area contributed by atoms with Crippen LogP contribution in [0.3, 0.4) is 0 Å². The second-order valence-corrected chi connectivity index (χ2v) is 4.77. The average Bonchev–Trinajstić information content (AvgIpc) is 2.25. The van der Waals surface area contributed by atoms with E-state index >= 15 is 0 Å². The van der Waals surface area contributed by atoms with Crippen LogP contribution in [-0.2, 0) is 11.4 Å². The molecule has 0 fully saturated rings. The van der Waals surface area contributed by atoms with Gasteiger partial charge in [0.05, 0.1) is 0 Å². The van der Waals surface area contributed by atoms with Gasteiger partial charge in [0.25, 0.3) is 5.09 Å². The fourth-order valence-electron chi connectivity index (χ4n) is 1.31. The maximum absolute atomic E-state index is 11.9. The molecule has 5 heteroatoms. The van der Waals surface area contributed by atoms with Crippen LogP contribution >= 0.6 is 0 Å². The molecule has 92 valence electrons. The summed E-state index contributed by atoms with van der Waals surface area (Å²) in [6, 6.07) is 6.63. The van der Waals surface area contributed by atoms with Crippen LogP contribution in [0.5, 0.6) is 0 Å². The first kappa shape index (κ1) is 13.2. The van der Waals surface area contributed by atoms with Crippen molar-refractivity contribution in [3.8, 4) is 0 Å². The predicted molar refractivity (Wildman–Crippen MR) is 62.0 cm³/mol. The fourth-order valence-corrected chi connectivity index (χ4v) is 1.31. The van der Waals surface area contributed by atoms with E-state index in [0.717, 1.165) is 0 Å². The molecule has 1 rings (SSSR count). The first-order chi connectivity index (χ1) is 7.80. The maximum Gasteiger partial charge on any atom is 0.294 e. The number of ketones is 1. The van der Waals surface area contributed by atoms with Gasteiger partial charge in [-0.1, -0.05) is 45.0 Å². The molecule has 0 heterocycles. The van der Waals surface area contributed by atoms with Gasteiger partial charge in [-0.05, 0) is 5.56 Å². The van der Waals surface area contributed by atoms with Crippen LogP contribution < -0.4 is 0 Å². The van der Waals surface area contributed by atoms with Gasteiger partial charge in [-0.3, -0.25) is 4.79 Å². The highest BCUT2D eigenvalue weighted by Crippen LogP contribution is 2.21. The second kappa shape index (κ2) is 4.95. The molecule has 0 amide bonds. The molecule has 5 nitrogen and oxygen atoms in total. The zero-order valence-corrected chi connectivity index (χ0v) is 10.1. The van der Waals surface area contributed by atoms with Gasteiger partial charge >= 0.3 is 0 Å². The van der Waals surface area contributed by atoms with Gasteiger partial charge in [-0.2, -0.15) is 0 Å². The summed E-state index contributed by atoms with van der Waals surface area (Å²) in [5, 5.41) is 9.17. The van der Waals surface area contributed by atoms with Crippen molar-refractivity contribution < 1.29 is 14.7 Å². The van der Waals surface area contributed by atoms with Crippen molar-refractivity contribution in [3.63, 3.8) is 0 Å². The van der Waals surface area contributed by atoms with Crippen molar-refractivity contribution >= 4 is 5.78 Å². The molecule has 0 aliphatic heterocycles. The van der Waals surface area contributed by atoms with Crippen LogP contribution in [0, 0.1) is 15.5 Å². The summed E-state index contributed by atoms with van der Waals surface area (Å²) in [4.78, 5) is 26.1. The molecule has 0 saturated heterocycles. The lowest BCUT2D eigenvalue weighted by Gasteiger charge is -2.16. The molecule has 17 heavy (non-hydrogen) atoms. The molecule has 0 unspecified atom stereocenters. The minimum atomic E-state index is -0.839. The number of carbonyl (C=O) groups is 1. The van der Waals surface area contributed by atoms with E-state index in [0.29, 0.717) is 11.1 Å². The van der Waals surface area contributed by atoms with E-state index in [9.17, 15) is 14.9 Å². The topological polar surface area (TPSA) is 69.4 Å². The van der Waals surface area contributed by atoms with Crippen molar-refractivity contribution in [2.45, 2.75) is 27.4 Å². The molecule has 0 N–H and O–H groups in total. The summed E-state index contributed by atoms with van der Waals surface area (Å²) >= 11 is 0. The molecular formula is C12H15NO4. The van der Waals surface area contributed by atoms with E-state index in [1.165, 1.54) is 0 Å². The Morgan fingerprint density at radius 1 is 1.29 bits per heavy atom. The van der Waals surface area contributed by atoms with Crippen LogP contribution in [0.15, 0.2) is 24.3 Å². The molecule has 0 radical (unpaired) electrons. The Hall–Kier alpha value is -1.91. The third-order valence-corrected chi connectivity index (χ3v) is 2.23. The summed E-state index contributed by atoms with van der Waals surface area (Å²) in [6.07, 6.45) is 0. The maximum atomic E-state index is 11.9. The Morgan fingerprint density at radius 3 is 2.24 bits per heavy atom. The van der Waals surface area contributed by atoms with E-state index in [1.54, 1.807) is 24.3 Å². The number of Topliss-reactive ketones (excluding diaryl/α,β-unsaturated/α-hetero) is 1. The highest BCUT2D eigenvalue weighted by atomic mass is 16.9. The first-order valence-electron chi connectivity index (χ1n) is 5.22. The molecule has 1 aromatic carbocycles. The summed E-state index contributed by atoms with van der Waals surface area (Å²) < 4.78 is 0. The Balaban J connectivity index is 2.75. The molecule has 0 spiro atoms. The number of benzene rings is 1. The van der Waals surface area contributed by atoms with Crippen LogP contribution in [0.4, 0.5) is 0 Å². The van der Waals surface area contributed by atoms with Crippen molar-refractivity contribution in [2.75, 3.05) is 0 Å². The zero-order chi connectivity index (χ0) is 13.1. The van der Waals surface area contributed by atoms with Gasteiger partial charge in [0, 0.05) is 11.0 Å². The zero-order valence-electron chi connectivity index (χ0n) is 10.1. The molecular weight excluding hydrogens is 222 g/mol. The molecule has 0 aliphatic carbocycles. The van der Waals surface area contributed by atoms with Crippen LogP contribution in [0.25, 0.3) is 0 Å². The Labute approximate surface area is 99.5 Å². The largest absolute Gasteiger partial charge is 0.309 e. The summed E-state index contributed by atoms with van der Waals surface area (Å²) in [5.41, 5.74) is 0.827. The quantitative estimate of drug-likeness (QED) is 0.458. The molecule has 0 aromatic heterocycles. The van der Waals surface area contributed by atoms with E-state index < -0.39 is 10.5 Å². The lowest BCUT2D eigenvalue weighted by molar-refractivity contribution is -0.763. The highest BCUT2D eigenvalue weighted by molar-refractivity contribution is 5.99. The predicted octanol–water partition coefficient (Wildman–Crippen LogP) is 2.62. The minimum Gasteiger partial charge on any atom is -0.309 e. The normalized spacial score (nSPS) is 11.0. The second-order valence-electron chi connectivity index (χ2n) is 4.77. The van der Waals surface area contributed by atoms with Gasteiger partial charge in [-0.25, -0.2) is 0 Å². The fraction of sp³-hybridized carbons (Fsp3) is 0.417. The van der Waals surface area contributed by atoms with Gasteiger partial charge < -0.3 is 4.84 Å². The van der Waals surface area contributed by atoms with E-state index in [2.05, 4.69) is 4.84 Å². The lowest BCUT2D eigenvalue weighted by atomic mass is 9.86. The Bertz CT molecular complexity index is 417. The van der Waals surface area contributed by atoms with Crippen molar-refractivity contribution in [2.24, 2.45) is 5.41 Å². The van der Waals surface area contributed by atoms with Crippen LogP contribution in [0.1, 0.15) is 36.7 Å². The van der Waals surface area contributed by atoms with Gasteiger partial charge in [0.2, 0.25) is 0 Å². The van der Waals surface area contributed by atoms with E-state index in [1.807, 2.05) is 20.8 Å². The third kappa shape index (κ3) is 3.86. The van der Waals surface area contributed by atoms with E-state index in [4.69, 9.17) is 0 Å². The molecule has 0 aliphatic rings. The Morgan fingerprint density at radius 2 is 1.82 bits per heavy atom. The number of hydrogen-bond donors (Lipinski definition) is 0. The van der Waals surface area contributed by atoms with Gasteiger partial charge in [0.15, 0.2) is 5.78 Å². The smallest absolute Gasteiger partial charge is 0.294 e. The highest BCUT2D eigenvalue weighted by Gasteiger charge is 2.22. The average molecular weight is 237 g/mol. The van der Waals surface area contributed by atoms with Gasteiger partial charge in [-0.15, -0.1) is 10.1 Å². The van der Waals surface area contributed by atoms with E-state index in [-0.39, 0.29) is 12.4 Å². The standard InChI is InChI=1S/C12H15NO4/c1-12(2,3)11(14)10-6-4-9(5-7-10)8-17-13(15)16/h4-7H,8H2,1-3H3.